The van der Waals surface area contributed by atoms with Crippen molar-refractivity contribution in [3.63, 3.8) is 0 Å². The molecule has 1 aromatic heterocycles. The van der Waals surface area contributed by atoms with Crippen LogP contribution in [-0.2, 0) is 9.53 Å². The Hall–Kier alpha value is -1.88. The molecule has 0 radical (unpaired) electrons. The van der Waals surface area contributed by atoms with Gasteiger partial charge in [0.05, 0.1) is 6.54 Å². The lowest BCUT2D eigenvalue weighted by Gasteiger charge is -2.03. The first-order valence-corrected chi connectivity index (χ1v) is 5.97. The van der Waals surface area contributed by atoms with Crippen LogP contribution < -0.4 is 0 Å². The summed E-state index contributed by atoms with van der Waals surface area (Å²) < 4.78 is 5.41. The van der Waals surface area contributed by atoms with E-state index in [0.717, 1.165) is 4.88 Å². The molecule has 0 saturated carbocycles. The minimum atomic E-state index is -0.179. The third-order valence-electron chi connectivity index (χ3n) is 2.18. The summed E-state index contributed by atoms with van der Waals surface area (Å²) in [6.07, 6.45) is 3.37. The third kappa shape index (κ3) is 2.45. The van der Waals surface area contributed by atoms with Gasteiger partial charge in [0.15, 0.2) is 5.76 Å². The van der Waals surface area contributed by atoms with Gasteiger partial charge >= 0.3 is 0 Å². The molecule has 0 atom stereocenters. The van der Waals surface area contributed by atoms with E-state index in [4.69, 9.17) is 4.74 Å². The quantitative estimate of drug-likeness (QED) is 0.607. The average molecular weight is 248 g/mol. The number of likely N-dealkylation sites (N-methyl/N-ethyl adjacent to an activating group) is 1. The Kier molecular flexibility index (Phi) is 3.39. The fraction of sp³-hybridized carbons (Fsp3) is 0.167. The van der Waals surface area contributed by atoms with E-state index < -0.39 is 0 Å². The van der Waals surface area contributed by atoms with E-state index in [1.165, 1.54) is 4.90 Å². The molecular weight excluding hydrogens is 236 g/mol. The molecule has 17 heavy (non-hydrogen) atoms. The summed E-state index contributed by atoms with van der Waals surface area (Å²) in [4.78, 5) is 18.3. The van der Waals surface area contributed by atoms with Crippen molar-refractivity contribution in [2.75, 3.05) is 13.6 Å². The SMILES string of the molecule is C=CCN=C1OC(=Cc2cccs2)C(=O)N1C. The molecule has 1 aliphatic rings. The van der Waals surface area contributed by atoms with Crippen molar-refractivity contribution < 1.29 is 9.53 Å². The lowest BCUT2D eigenvalue weighted by Crippen LogP contribution is -2.24. The van der Waals surface area contributed by atoms with E-state index in [0.29, 0.717) is 18.3 Å². The van der Waals surface area contributed by atoms with E-state index in [1.54, 1.807) is 30.5 Å². The third-order valence-corrected chi connectivity index (χ3v) is 3.00. The van der Waals surface area contributed by atoms with Crippen molar-refractivity contribution in [3.8, 4) is 0 Å². The maximum absolute atomic E-state index is 11.8. The number of carbonyl (C=O) groups excluding carboxylic acids is 1. The van der Waals surface area contributed by atoms with Crippen molar-refractivity contribution >= 4 is 29.3 Å². The number of rotatable bonds is 3. The second-order valence-corrected chi connectivity index (χ2v) is 4.38. The zero-order valence-corrected chi connectivity index (χ0v) is 10.2. The van der Waals surface area contributed by atoms with Crippen LogP contribution >= 0.6 is 11.3 Å². The van der Waals surface area contributed by atoms with E-state index in [1.807, 2.05) is 17.5 Å². The summed E-state index contributed by atoms with van der Waals surface area (Å²) in [6.45, 7) is 4.00. The van der Waals surface area contributed by atoms with E-state index in [9.17, 15) is 4.79 Å². The van der Waals surface area contributed by atoms with E-state index in [2.05, 4.69) is 11.6 Å². The van der Waals surface area contributed by atoms with Gasteiger partial charge in [-0.25, -0.2) is 4.99 Å². The van der Waals surface area contributed by atoms with E-state index in [-0.39, 0.29) is 5.91 Å². The van der Waals surface area contributed by atoms with Crippen LogP contribution in [0, 0.1) is 0 Å². The Labute approximate surface area is 104 Å². The highest BCUT2D eigenvalue weighted by molar-refractivity contribution is 7.10. The lowest BCUT2D eigenvalue weighted by atomic mass is 10.3. The monoisotopic (exact) mass is 248 g/mol. The van der Waals surface area contributed by atoms with Crippen molar-refractivity contribution in [1.29, 1.82) is 0 Å². The Morgan fingerprint density at radius 1 is 1.65 bits per heavy atom. The van der Waals surface area contributed by atoms with Crippen molar-refractivity contribution in [3.05, 3.63) is 40.8 Å². The van der Waals surface area contributed by atoms with Crippen molar-refractivity contribution in [1.82, 2.24) is 4.90 Å². The van der Waals surface area contributed by atoms with Crippen LogP contribution in [0.25, 0.3) is 6.08 Å². The van der Waals surface area contributed by atoms with Gasteiger partial charge in [-0.05, 0) is 11.4 Å². The zero-order valence-electron chi connectivity index (χ0n) is 9.42. The topological polar surface area (TPSA) is 41.9 Å². The normalized spacial score (nSPS) is 20.1. The van der Waals surface area contributed by atoms with E-state index >= 15 is 0 Å². The molecule has 0 spiro atoms. The molecule has 5 heteroatoms. The van der Waals surface area contributed by atoms with Gasteiger partial charge in [-0.15, -0.1) is 17.9 Å². The van der Waals surface area contributed by atoms with Gasteiger partial charge in [0.25, 0.3) is 11.9 Å². The molecule has 1 aliphatic heterocycles. The number of hydrogen-bond acceptors (Lipinski definition) is 4. The lowest BCUT2D eigenvalue weighted by molar-refractivity contribution is -0.122. The van der Waals surface area contributed by atoms with Gasteiger partial charge in [0.2, 0.25) is 0 Å². The van der Waals surface area contributed by atoms with Crippen LogP contribution in [0.15, 0.2) is 40.9 Å². The summed E-state index contributed by atoms with van der Waals surface area (Å²) in [7, 11) is 1.64. The molecule has 2 heterocycles. The number of amidine groups is 1. The fourth-order valence-corrected chi connectivity index (χ4v) is 1.98. The number of aliphatic imine (C=N–C) groups is 1. The van der Waals surface area contributed by atoms with Gasteiger partial charge in [0.1, 0.15) is 0 Å². The molecule has 0 aliphatic carbocycles. The molecule has 1 aromatic rings. The fourth-order valence-electron chi connectivity index (χ4n) is 1.34. The van der Waals surface area contributed by atoms with Crippen LogP contribution in [0.3, 0.4) is 0 Å². The molecule has 0 bridgehead atoms. The van der Waals surface area contributed by atoms with Crippen LogP contribution in [0.2, 0.25) is 0 Å². The molecule has 1 amide bonds. The molecule has 4 nitrogen and oxygen atoms in total. The highest BCUT2D eigenvalue weighted by atomic mass is 32.1. The summed E-state index contributed by atoms with van der Waals surface area (Å²) in [6, 6.07) is 4.16. The summed E-state index contributed by atoms with van der Waals surface area (Å²) in [5.74, 6) is 0.124. The Balaban J connectivity index is 2.22. The summed E-state index contributed by atoms with van der Waals surface area (Å²) in [5.41, 5.74) is 0. The Morgan fingerprint density at radius 3 is 3.12 bits per heavy atom. The molecule has 0 N–H and O–H groups in total. The molecule has 1 fully saturated rings. The molecule has 0 aromatic carbocycles. The highest BCUT2D eigenvalue weighted by Gasteiger charge is 2.31. The van der Waals surface area contributed by atoms with Crippen molar-refractivity contribution in [2.24, 2.45) is 4.99 Å². The van der Waals surface area contributed by atoms with Gasteiger partial charge < -0.3 is 4.74 Å². The maximum atomic E-state index is 11.8. The largest absolute Gasteiger partial charge is 0.420 e. The van der Waals surface area contributed by atoms with Crippen LogP contribution in [-0.4, -0.2) is 30.4 Å². The molecule has 88 valence electrons. The second-order valence-electron chi connectivity index (χ2n) is 3.40. The predicted octanol–water partition coefficient (Wildman–Crippen LogP) is 2.12. The second kappa shape index (κ2) is 4.97. The van der Waals surface area contributed by atoms with Crippen LogP contribution in [0.1, 0.15) is 4.88 Å². The molecule has 0 unspecified atom stereocenters. The standard InChI is InChI=1S/C12H12N2O2S/c1-3-6-13-12-14(2)11(15)10(16-12)8-9-5-4-7-17-9/h3-5,7-8H,1,6H2,2H3. The minimum absolute atomic E-state index is 0.179. The first-order valence-electron chi connectivity index (χ1n) is 5.09. The number of nitrogens with zero attached hydrogens (tertiary/aromatic N) is 2. The van der Waals surface area contributed by atoms with Crippen molar-refractivity contribution in [2.45, 2.75) is 0 Å². The number of hydrogen-bond donors (Lipinski definition) is 0. The van der Waals surface area contributed by atoms with Crippen LogP contribution in [0.5, 0.6) is 0 Å². The van der Waals surface area contributed by atoms with Gasteiger partial charge in [-0.1, -0.05) is 12.1 Å². The van der Waals surface area contributed by atoms with Crippen LogP contribution in [0.4, 0.5) is 0 Å². The average Bonchev–Trinajstić information content (AvgIpc) is 2.91. The number of amides is 1. The zero-order chi connectivity index (χ0) is 12.3. The van der Waals surface area contributed by atoms with Gasteiger partial charge in [0, 0.05) is 18.0 Å². The predicted molar refractivity (Wildman–Crippen MR) is 68.7 cm³/mol. The first-order chi connectivity index (χ1) is 8.22. The van der Waals surface area contributed by atoms with Gasteiger partial charge in [-0.2, -0.15) is 0 Å². The summed E-state index contributed by atoms with van der Waals surface area (Å²) in [5, 5.41) is 1.95. The molecule has 1 saturated heterocycles. The van der Waals surface area contributed by atoms with Gasteiger partial charge in [-0.3, -0.25) is 9.69 Å². The minimum Gasteiger partial charge on any atom is -0.420 e. The Bertz CT molecular complexity index is 489. The first kappa shape index (κ1) is 11.6. The number of ether oxygens (including phenoxy) is 1. The highest BCUT2D eigenvalue weighted by Crippen LogP contribution is 2.20. The summed E-state index contributed by atoms with van der Waals surface area (Å²) >= 11 is 1.55. The molecule has 2 rings (SSSR count). The number of carbonyl (C=O) groups is 1. The molecular formula is C12H12N2O2S. The maximum Gasteiger partial charge on any atom is 0.300 e. The smallest absolute Gasteiger partial charge is 0.300 e. The number of thiophene rings is 1. The Morgan fingerprint density at radius 2 is 2.47 bits per heavy atom.